The van der Waals surface area contributed by atoms with Crippen LogP contribution in [0.2, 0.25) is 0 Å². The topological polar surface area (TPSA) is 0 Å². The molecule has 4 aromatic rings. The van der Waals surface area contributed by atoms with Gasteiger partial charge in [0.25, 0.3) is 0 Å². The fourth-order valence-electron chi connectivity index (χ4n) is 3.80. The summed E-state index contributed by atoms with van der Waals surface area (Å²) in [5, 5.41) is 10.6. The van der Waals surface area contributed by atoms with Crippen LogP contribution in [0.15, 0.2) is 72.8 Å². The zero-order valence-corrected chi connectivity index (χ0v) is 18.0. The van der Waals surface area contributed by atoms with Gasteiger partial charge >= 0.3 is 168 Å². The van der Waals surface area contributed by atoms with Gasteiger partial charge in [0.1, 0.15) is 0 Å². The molecule has 26 heavy (non-hydrogen) atoms. The third-order valence-corrected chi connectivity index (χ3v) is 9.52. The van der Waals surface area contributed by atoms with Gasteiger partial charge in [-0.05, 0) is 0 Å². The summed E-state index contributed by atoms with van der Waals surface area (Å²) >= 11 is 1.22. The molecule has 0 aromatic heterocycles. The first-order chi connectivity index (χ1) is 12.9. The molecule has 0 atom stereocenters. The van der Waals surface area contributed by atoms with E-state index >= 15 is 0 Å². The van der Waals surface area contributed by atoms with Crippen molar-refractivity contribution in [2.24, 2.45) is 0 Å². The molecule has 1 heterocycles. The van der Waals surface area contributed by atoms with Gasteiger partial charge < -0.3 is 0 Å². The Balaban J connectivity index is 1.67. The van der Waals surface area contributed by atoms with Crippen molar-refractivity contribution in [3.8, 4) is 0 Å². The number of rotatable bonds is 0. The van der Waals surface area contributed by atoms with E-state index in [0.29, 0.717) is 29.9 Å². The summed E-state index contributed by atoms with van der Waals surface area (Å²) in [5.74, 6) is 0. The molecule has 4 aromatic carbocycles. The molecule has 5 rings (SSSR count). The standard InChI is InChI=1S/C24H20Se2/c1-4-17-10-18(5-1)14-26-16-22-9-3-7-20-11-19-6-2-8-21(15-25-13-17)23(19)12-24(20)22/h1-12H,13-16H2. The Morgan fingerprint density at radius 2 is 1.04 bits per heavy atom. The van der Waals surface area contributed by atoms with Crippen molar-refractivity contribution in [2.75, 3.05) is 0 Å². The van der Waals surface area contributed by atoms with E-state index in [9.17, 15) is 0 Å². The molecule has 0 spiro atoms. The van der Waals surface area contributed by atoms with Crippen LogP contribution in [0.25, 0.3) is 21.5 Å². The van der Waals surface area contributed by atoms with Gasteiger partial charge in [0.2, 0.25) is 0 Å². The summed E-state index contributed by atoms with van der Waals surface area (Å²) in [4.78, 5) is 0. The molecule has 2 heteroatoms. The van der Waals surface area contributed by atoms with Gasteiger partial charge in [-0.25, -0.2) is 0 Å². The van der Waals surface area contributed by atoms with Gasteiger partial charge in [0.15, 0.2) is 0 Å². The molecule has 0 fully saturated rings. The summed E-state index contributed by atoms with van der Waals surface area (Å²) < 4.78 is 0. The van der Waals surface area contributed by atoms with E-state index < -0.39 is 0 Å². The summed E-state index contributed by atoms with van der Waals surface area (Å²) in [6.07, 6.45) is 0. The van der Waals surface area contributed by atoms with Crippen LogP contribution in [-0.2, 0) is 21.3 Å². The third kappa shape index (κ3) is 3.24. The second-order valence-corrected chi connectivity index (χ2v) is 11.1. The van der Waals surface area contributed by atoms with Gasteiger partial charge in [-0.1, -0.05) is 0 Å². The molecule has 4 bridgehead atoms. The summed E-state index contributed by atoms with van der Waals surface area (Å²) in [5.41, 5.74) is 6.10. The molecule has 0 saturated carbocycles. The second-order valence-electron chi connectivity index (χ2n) is 6.93. The van der Waals surface area contributed by atoms with Crippen molar-refractivity contribution >= 4 is 51.5 Å². The molecule has 0 amide bonds. The van der Waals surface area contributed by atoms with E-state index in [4.69, 9.17) is 0 Å². The van der Waals surface area contributed by atoms with Crippen LogP contribution in [0.5, 0.6) is 0 Å². The Morgan fingerprint density at radius 3 is 1.62 bits per heavy atom. The van der Waals surface area contributed by atoms with E-state index in [1.54, 1.807) is 0 Å². The van der Waals surface area contributed by atoms with Crippen LogP contribution in [0.3, 0.4) is 0 Å². The molecule has 1 aliphatic heterocycles. The van der Waals surface area contributed by atoms with Crippen molar-refractivity contribution in [1.82, 2.24) is 0 Å². The van der Waals surface area contributed by atoms with E-state index in [1.807, 2.05) is 0 Å². The molecule has 1 aliphatic rings. The van der Waals surface area contributed by atoms with Crippen molar-refractivity contribution < 1.29 is 0 Å². The van der Waals surface area contributed by atoms with E-state index in [-0.39, 0.29) is 0 Å². The molecule has 0 nitrogen and oxygen atoms in total. The summed E-state index contributed by atoms with van der Waals surface area (Å²) in [7, 11) is 0. The summed E-state index contributed by atoms with van der Waals surface area (Å²) in [6.45, 7) is 0. The SMILES string of the molecule is c1cc2cc(c1)C[Se]Cc1cccc3cc4cccc(c4cc13)C[Se]C2. The molecule has 0 radical (unpaired) electrons. The quantitative estimate of drug-likeness (QED) is 0.250. The first-order valence-corrected chi connectivity index (χ1v) is 13.9. The van der Waals surface area contributed by atoms with Crippen LogP contribution in [0, 0.1) is 0 Å². The van der Waals surface area contributed by atoms with Crippen molar-refractivity contribution in [3.05, 3.63) is 95.1 Å². The van der Waals surface area contributed by atoms with Crippen LogP contribution < -0.4 is 0 Å². The molecular weight excluding hydrogens is 446 g/mol. The maximum atomic E-state index is 2.48. The van der Waals surface area contributed by atoms with Gasteiger partial charge in [-0.3, -0.25) is 0 Å². The van der Waals surface area contributed by atoms with Crippen LogP contribution in [0.4, 0.5) is 0 Å². The summed E-state index contributed by atoms with van der Waals surface area (Å²) in [6, 6.07) is 27.9. The molecule has 0 N–H and O–H groups in total. The van der Waals surface area contributed by atoms with Crippen LogP contribution in [0.1, 0.15) is 22.3 Å². The average Bonchev–Trinajstić information content (AvgIpc) is 2.67. The van der Waals surface area contributed by atoms with Gasteiger partial charge in [-0.15, -0.1) is 0 Å². The number of benzene rings is 4. The van der Waals surface area contributed by atoms with E-state index in [2.05, 4.69) is 72.8 Å². The molecule has 0 aliphatic carbocycles. The van der Waals surface area contributed by atoms with Crippen LogP contribution >= 0.6 is 0 Å². The average molecular weight is 466 g/mol. The maximum absolute atomic E-state index is 2.48. The Morgan fingerprint density at radius 1 is 0.500 bits per heavy atom. The molecular formula is C24H20Se2. The Kier molecular flexibility index (Phi) is 4.61. The first kappa shape index (κ1) is 16.6. The van der Waals surface area contributed by atoms with E-state index in [0.717, 1.165) is 0 Å². The third-order valence-electron chi connectivity index (χ3n) is 5.10. The van der Waals surface area contributed by atoms with E-state index in [1.165, 1.54) is 65.1 Å². The zero-order chi connectivity index (χ0) is 17.3. The fourth-order valence-corrected chi connectivity index (χ4v) is 7.95. The van der Waals surface area contributed by atoms with Crippen molar-refractivity contribution in [2.45, 2.75) is 21.3 Å². The van der Waals surface area contributed by atoms with Crippen molar-refractivity contribution in [3.63, 3.8) is 0 Å². The molecule has 0 saturated heterocycles. The van der Waals surface area contributed by atoms with Crippen LogP contribution in [-0.4, -0.2) is 29.9 Å². The minimum atomic E-state index is 0.608. The molecule has 128 valence electrons. The Bertz CT molecular complexity index is 1020. The zero-order valence-electron chi connectivity index (χ0n) is 14.6. The number of hydrogen-bond acceptors (Lipinski definition) is 0. The Labute approximate surface area is 167 Å². The van der Waals surface area contributed by atoms with Crippen molar-refractivity contribution in [1.29, 1.82) is 0 Å². The van der Waals surface area contributed by atoms with Gasteiger partial charge in [0.05, 0.1) is 0 Å². The molecule has 0 unspecified atom stereocenters. The predicted molar refractivity (Wildman–Crippen MR) is 114 cm³/mol. The number of hydrogen-bond donors (Lipinski definition) is 0. The fraction of sp³-hybridized carbons (Fsp3) is 0.167. The monoisotopic (exact) mass is 468 g/mol. The number of fused-ring (bicyclic) bond motifs is 2. The second kappa shape index (κ2) is 7.22. The minimum absolute atomic E-state index is 0.608. The normalized spacial score (nSPS) is 14.8. The van der Waals surface area contributed by atoms with Gasteiger partial charge in [-0.2, -0.15) is 0 Å². The predicted octanol–water partition coefficient (Wildman–Crippen LogP) is 5.12. The Hall–Kier alpha value is -1.56. The first-order valence-electron chi connectivity index (χ1n) is 9.03. The van der Waals surface area contributed by atoms with Gasteiger partial charge in [0, 0.05) is 0 Å².